The van der Waals surface area contributed by atoms with Crippen molar-refractivity contribution < 1.29 is 4.79 Å². The maximum Gasteiger partial charge on any atom is 0.226 e. The van der Waals surface area contributed by atoms with E-state index in [0.29, 0.717) is 6.54 Å². The fourth-order valence-corrected chi connectivity index (χ4v) is 1.48. The van der Waals surface area contributed by atoms with Gasteiger partial charge >= 0.3 is 0 Å². The van der Waals surface area contributed by atoms with Crippen molar-refractivity contribution in [3.05, 3.63) is 35.9 Å². The van der Waals surface area contributed by atoms with Crippen LogP contribution in [0.4, 0.5) is 0 Å². The molecule has 3 heteroatoms. The summed E-state index contributed by atoms with van der Waals surface area (Å²) in [6.45, 7) is 6.32. The summed E-state index contributed by atoms with van der Waals surface area (Å²) in [5.74, 6) is 0.0549. The average Bonchev–Trinajstić information content (AvgIpc) is 2.36. The molecule has 1 unspecified atom stereocenters. The normalized spacial score (nSPS) is 13.2. The van der Waals surface area contributed by atoms with Gasteiger partial charge in [0.15, 0.2) is 0 Å². The quantitative estimate of drug-likeness (QED) is 0.821. The number of benzene rings is 1. The number of hydrogen-bond acceptors (Lipinski definition) is 2. The monoisotopic (exact) mass is 234 g/mol. The Morgan fingerprint density at radius 2 is 1.94 bits per heavy atom. The predicted molar refractivity (Wildman–Crippen MR) is 70.5 cm³/mol. The molecular formula is C14H22N2O. The van der Waals surface area contributed by atoms with Crippen LogP contribution in [0.2, 0.25) is 0 Å². The number of carbonyl (C=O) groups excluding carboxylic acids is 1. The molecule has 94 valence electrons. The largest absolute Gasteiger partial charge is 0.348 e. The molecule has 0 heterocycles. The van der Waals surface area contributed by atoms with Crippen molar-refractivity contribution in [1.29, 1.82) is 0 Å². The van der Waals surface area contributed by atoms with Crippen LogP contribution in [0.15, 0.2) is 30.3 Å². The van der Waals surface area contributed by atoms with Crippen LogP contribution in [0.5, 0.6) is 0 Å². The first-order valence-corrected chi connectivity index (χ1v) is 6.07. The maximum absolute atomic E-state index is 12.1. The molecule has 1 rings (SSSR count). The van der Waals surface area contributed by atoms with Crippen molar-refractivity contribution in [3.63, 3.8) is 0 Å². The van der Waals surface area contributed by atoms with E-state index in [0.717, 1.165) is 12.0 Å². The summed E-state index contributed by atoms with van der Waals surface area (Å²) in [6, 6.07) is 9.72. The lowest BCUT2D eigenvalue weighted by molar-refractivity contribution is -0.130. The van der Waals surface area contributed by atoms with Crippen LogP contribution in [-0.2, 0) is 4.79 Å². The minimum atomic E-state index is -0.345. The molecule has 0 aliphatic carbocycles. The molecular weight excluding hydrogens is 212 g/mol. The smallest absolute Gasteiger partial charge is 0.226 e. The van der Waals surface area contributed by atoms with Gasteiger partial charge in [-0.2, -0.15) is 0 Å². The van der Waals surface area contributed by atoms with E-state index in [2.05, 4.69) is 5.32 Å². The number of nitrogens with two attached hydrogens (primary N) is 1. The molecule has 1 amide bonds. The lowest BCUT2D eigenvalue weighted by atomic mass is 9.88. The molecule has 0 saturated carbocycles. The Morgan fingerprint density at radius 3 is 2.41 bits per heavy atom. The van der Waals surface area contributed by atoms with Gasteiger partial charge < -0.3 is 11.1 Å². The average molecular weight is 234 g/mol. The third-order valence-corrected chi connectivity index (χ3v) is 3.24. The van der Waals surface area contributed by atoms with Crippen molar-refractivity contribution in [2.24, 2.45) is 11.1 Å². The molecule has 1 atom stereocenters. The van der Waals surface area contributed by atoms with Crippen LogP contribution in [-0.4, -0.2) is 12.5 Å². The molecule has 0 bridgehead atoms. The van der Waals surface area contributed by atoms with Crippen molar-refractivity contribution in [3.8, 4) is 0 Å². The van der Waals surface area contributed by atoms with Gasteiger partial charge in [0.05, 0.1) is 6.04 Å². The van der Waals surface area contributed by atoms with Crippen LogP contribution in [0.25, 0.3) is 0 Å². The highest BCUT2D eigenvalue weighted by atomic mass is 16.2. The predicted octanol–water partition coefficient (Wildman–Crippen LogP) is 2.24. The molecule has 0 aromatic heterocycles. The second-order valence-corrected chi connectivity index (χ2v) is 4.91. The van der Waals surface area contributed by atoms with E-state index in [1.54, 1.807) is 0 Å². The highest BCUT2D eigenvalue weighted by molar-refractivity contribution is 5.82. The van der Waals surface area contributed by atoms with E-state index in [9.17, 15) is 4.79 Å². The van der Waals surface area contributed by atoms with Crippen LogP contribution in [0.3, 0.4) is 0 Å². The summed E-state index contributed by atoms with van der Waals surface area (Å²) in [5, 5.41) is 3.01. The summed E-state index contributed by atoms with van der Waals surface area (Å²) >= 11 is 0. The lowest BCUT2D eigenvalue weighted by Crippen LogP contribution is -2.41. The molecule has 17 heavy (non-hydrogen) atoms. The second kappa shape index (κ2) is 5.82. The first-order valence-electron chi connectivity index (χ1n) is 6.07. The Labute approximate surface area is 103 Å². The molecule has 1 aromatic carbocycles. The SMILES string of the molecule is CCC(C)(C)C(=O)NC(CN)c1ccccc1. The molecule has 0 radical (unpaired) electrons. The molecule has 0 aliphatic rings. The maximum atomic E-state index is 12.1. The van der Waals surface area contributed by atoms with E-state index < -0.39 is 0 Å². The third kappa shape index (κ3) is 3.56. The summed E-state index contributed by atoms with van der Waals surface area (Å²) in [4.78, 5) is 12.1. The van der Waals surface area contributed by atoms with Crippen molar-refractivity contribution in [1.82, 2.24) is 5.32 Å². The highest BCUT2D eigenvalue weighted by Gasteiger charge is 2.27. The Bertz CT molecular complexity index is 360. The minimum Gasteiger partial charge on any atom is -0.348 e. The van der Waals surface area contributed by atoms with Gasteiger partial charge in [-0.15, -0.1) is 0 Å². The topological polar surface area (TPSA) is 55.1 Å². The van der Waals surface area contributed by atoms with Gasteiger partial charge in [0.1, 0.15) is 0 Å². The van der Waals surface area contributed by atoms with Gasteiger partial charge in [0.2, 0.25) is 5.91 Å². The second-order valence-electron chi connectivity index (χ2n) is 4.91. The first kappa shape index (κ1) is 13.7. The number of hydrogen-bond donors (Lipinski definition) is 2. The summed E-state index contributed by atoms with van der Waals surface area (Å²) in [6.07, 6.45) is 0.810. The zero-order valence-electron chi connectivity index (χ0n) is 10.9. The fraction of sp³-hybridized carbons (Fsp3) is 0.500. The third-order valence-electron chi connectivity index (χ3n) is 3.24. The van der Waals surface area contributed by atoms with Crippen LogP contribution < -0.4 is 11.1 Å². The fourth-order valence-electron chi connectivity index (χ4n) is 1.48. The molecule has 1 aromatic rings. The number of rotatable bonds is 5. The van der Waals surface area contributed by atoms with Crippen molar-refractivity contribution >= 4 is 5.91 Å². The summed E-state index contributed by atoms with van der Waals surface area (Å²) in [7, 11) is 0. The van der Waals surface area contributed by atoms with Crippen LogP contribution in [0.1, 0.15) is 38.8 Å². The van der Waals surface area contributed by atoms with E-state index in [1.807, 2.05) is 51.1 Å². The van der Waals surface area contributed by atoms with Gasteiger partial charge in [0.25, 0.3) is 0 Å². The standard InChI is InChI=1S/C14H22N2O/c1-4-14(2,3)13(17)16-12(10-15)11-8-6-5-7-9-11/h5-9,12H,4,10,15H2,1-3H3,(H,16,17). The zero-order chi connectivity index (χ0) is 12.9. The Balaban J connectivity index is 2.75. The highest BCUT2D eigenvalue weighted by Crippen LogP contribution is 2.21. The molecule has 0 aliphatic heterocycles. The summed E-state index contributed by atoms with van der Waals surface area (Å²) in [5.41, 5.74) is 6.43. The van der Waals surface area contributed by atoms with Crippen LogP contribution >= 0.6 is 0 Å². The molecule has 0 saturated heterocycles. The Kier molecular flexibility index (Phi) is 4.70. The number of nitrogens with one attached hydrogen (secondary N) is 1. The molecule has 3 N–H and O–H groups in total. The first-order chi connectivity index (χ1) is 8.01. The van der Waals surface area contributed by atoms with E-state index in [4.69, 9.17) is 5.73 Å². The number of amides is 1. The molecule has 3 nitrogen and oxygen atoms in total. The van der Waals surface area contributed by atoms with Gasteiger partial charge in [0, 0.05) is 12.0 Å². The summed E-state index contributed by atoms with van der Waals surface area (Å²) < 4.78 is 0. The zero-order valence-corrected chi connectivity index (χ0v) is 10.9. The van der Waals surface area contributed by atoms with Gasteiger partial charge in [-0.1, -0.05) is 51.1 Å². The van der Waals surface area contributed by atoms with E-state index in [-0.39, 0.29) is 17.4 Å². The van der Waals surface area contributed by atoms with Crippen LogP contribution in [0, 0.1) is 5.41 Å². The van der Waals surface area contributed by atoms with Gasteiger partial charge in [-0.3, -0.25) is 4.79 Å². The Morgan fingerprint density at radius 1 is 1.35 bits per heavy atom. The van der Waals surface area contributed by atoms with E-state index >= 15 is 0 Å². The lowest BCUT2D eigenvalue weighted by Gasteiger charge is -2.26. The van der Waals surface area contributed by atoms with Crippen molar-refractivity contribution in [2.75, 3.05) is 6.54 Å². The van der Waals surface area contributed by atoms with Crippen molar-refractivity contribution in [2.45, 2.75) is 33.2 Å². The van der Waals surface area contributed by atoms with Gasteiger partial charge in [-0.25, -0.2) is 0 Å². The van der Waals surface area contributed by atoms with Gasteiger partial charge in [-0.05, 0) is 12.0 Å². The minimum absolute atomic E-state index is 0.0549. The number of carbonyl (C=O) groups is 1. The molecule has 0 spiro atoms. The van der Waals surface area contributed by atoms with E-state index in [1.165, 1.54) is 0 Å². The Hall–Kier alpha value is -1.35. The molecule has 0 fully saturated rings.